The van der Waals surface area contributed by atoms with E-state index in [1.54, 1.807) is 0 Å². The van der Waals surface area contributed by atoms with E-state index in [-0.39, 0.29) is 0 Å². The third-order valence-corrected chi connectivity index (χ3v) is 2.24. The maximum atomic E-state index is 4.22. The van der Waals surface area contributed by atoms with Crippen molar-refractivity contribution in [3.05, 3.63) is 54.4 Å². The summed E-state index contributed by atoms with van der Waals surface area (Å²) in [5.74, 6) is 0. The number of hydrogen-bond acceptors (Lipinski definition) is 1. The minimum absolute atomic E-state index is 0.911. The van der Waals surface area contributed by atoms with Gasteiger partial charge in [0.25, 0.3) is 0 Å². The Morgan fingerprint density at radius 3 is 2.86 bits per heavy atom. The lowest BCUT2D eigenvalue weighted by molar-refractivity contribution is 1.14. The SMILES string of the molecule is C=C(C)Cc1cncc2ccccc12. The largest absolute Gasteiger partial charge is 0.264 e. The molecule has 1 heteroatoms. The number of allylic oxidation sites excluding steroid dienone is 1. The maximum absolute atomic E-state index is 4.22. The molecule has 0 saturated heterocycles. The second kappa shape index (κ2) is 3.62. The molecule has 2 aromatic rings. The second-order valence-corrected chi connectivity index (χ2v) is 3.65. The van der Waals surface area contributed by atoms with Crippen LogP contribution >= 0.6 is 0 Å². The zero-order valence-corrected chi connectivity index (χ0v) is 8.33. The smallest absolute Gasteiger partial charge is 0.0346 e. The predicted molar refractivity (Wildman–Crippen MR) is 60.3 cm³/mol. The van der Waals surface area contributed by atoms with Crippen LogP contribution in [-0.2, 0) is 6.42 Å². The summed E-state index contributed by atoms with van der Waals surface area (Å²) in [7, 11) is 0. The lowest BCUT2D eigenvalue weighted by Crippen LogP contribution is -1.89. The number of nitrogens with zero attached hydrogens (tertiary/aromatic N) is 1. The molecule has 14 heavy (non-hydrogen) atoms. The van der Waals surface area contributed by atoms with E-state index >= 15 is 0 Å². The monoisotopic (exact) mass is 183 g/mol. The van der Waals surface area contributed by atoms with Crippen LogP contribution in [-0.4, -0.2) is 4.98 Å². The minimum atomic E-state index is 0.911. The molecule has 0 radical (unpaired) electrons. The first kappa shape index (κ1) is 8.95. The first-order valence-corrected chi connectivity index (χ1v) is 4.73. The molecule has 0 N–H and O–H groups in total. The van der Waals surface area contributed by atoms with Gasteiger partial charge in [-0.1, -0.05) is 36.4 Å². The summed E-state index contributed by atoms with van der Waals surface area (Å²) in [6, 6.07) is 8.32. The number of benzene rings is 1. The molecule has 0 unspecified atom stereocenters. The average Bonchev–Trinajstić information content (AvgIpc) is 2.18. The molecule has 0 atom stereocenters. The van der Waals surface area contributed by atoms with Crippen molar-refractivity contribution in [2.24, 2.45) is 0 Å². The number of hydrogen-bond donors (Lipinski definition) is 0. The lowest BCUT2D eigenvalue weighted by atomic mass is 10.0. The van der Waals surface area contributed by atoms with Crippen molar-refractivity contribution in [3.63, 3.8) is 0 Å². The van der Waals surface area contributed by atoms with Gasteiger partial charge < -0.3 is 0 Å². The fourth-order valence-electron chi connectivity index (χ4n) is 1.65. The number of pyridine rings is 1. The average molecular weight is 183 g/mol. The Balaban J connectivity index is 2.59. The van der Waals surface area contributed by atoms with Gasteiger partial charge in [-0.25, -0.2) is 0 Å². The van der Waals surface area contributed by atoms with E-state index in [1.807, 2.05) is 25.4 Å². The van der Waals surface area contributed by atoms with Gasteiger partial charge in [-0.05, 0) is 24.3 Å². The van der Waals surface area contributed by atoms with E-state index in [1.165, 1.54) is 21.9 Å². The van der Waals surface area contributed by atoms with Gasteiger partial charge in [0, 0.05) is 17.8 Å². The Labute approximate surface area is 84.1 Å². The summed E-state index contributed by atoms with van der Waals surface area (Å²) in [5.41, 5.74) is 2.43. The molecule has 2 rings (SSSR count). The Kier molecular flexibility index (Phi) is 2.32. The van der Waals surface area contributed by atoms with Crippen molar-refractivity contribution in [1.29, 1.82) is 0 Å². The first-order valence-electron chi connectivity index (χ1n) is 4.73. The van der Waals surface area contributed by atoms with Crippen LogP contribution in [0.5, 0.6) is 0 Å². The summed E-state index contributed by atoms with van der Waals surface area (Å²) in [4.78, 5) is 4.22. The fourth-order valence-corrected chi connectivity index (χ4v) is 1.65. The zero-order chi connectivity index (χ0) is 9.97. The van der Waals surface area contributed by atoms with Gasteiger partial charge in [0.05, 0.1) is 0 Å². The van der Waals surface area contributed by atoms with Crippen LogP contribution in [0.15, 0.2) is 48.8 Å². The van der Waals surface area contributed by atoms with Crippen LogP contribution in [0.3, 0.4) is 0 Å². The molecule has 0 aliphatic rings. The highest BCUT2D eigenvalue weighted by molar-refractivity contribution is 5.84. The molecule has 70 valence electrons. The highest BCUT2D eigenvalue weighted by Gasteiger charge is 2.00. The number of rotatable bonds is 2. The quantitative estimate of drug-likeness (QED) is 0.650. The Morgan fingerprint density at radius 1 is 1.29 bits per heavy atom. The molecule has 0 saturated carbocycles. The number of fused-ring (bicyclic) bond motifs is 1. The molecule has 0 amide bonds. The summed E-state index contributed by atoms with van der Waals surface area (Å²) >= 11 is 0. The summed E-state index contributed by atoms with van der Waals surface area (Å²) in [6.45, 7) is 5.97. The summed E-state index contributed by atoms with van der Waals surface area (Å²) in [6.07, 6.45) is 4.74. The van der Waals surface area contributed by atoms with Crippen molar-refractivity contribution < 1.29 is 0 Å². The van der Waals surface area contributed by atoms with Gasteiger partial charge in [0.15, 0.2) is 0 Å². The number of aromatic nitrogens is 1. The van der Waals surface area contributed by atoms with Crippen LogP contribution < -0.4 is 0 Å². The van der Waals surface area contributed by atoms with Crippen LogP contribution in [0.25, 0.3) is 10.8 Å². The van der Waals surface area contributed by atoms with Crippen LogP contribution in [0.1, 0.15) is 12.5 Å². The van der Waals surface area contributed by atoms with E-state index in [0.717, 1.165) is 6.42 Å². The van der Waals surface area contributed by atoms with E-state index in [9.17, 15) is 0 Å². The molecular formula is C13H13N. The van der Waals surface area contributed by atoms with Gasteiger partial charge in [0.1, 0.15) is 0 Å². The van der Waals surface area contributed by atoms with Crippen molar-refractivity contribution in [3.8, 4) is 0 Å². The third kappa shape index (κ3) is 1.67. The molecule has 0 fully saturated rings. The second-order valence-electron chi connectivity index (χ2n) is 3.65. The van der Waals surface area contributed by atoms with Gasteiger partial charge in [-0.15, -0.1) is 0 Å². The normalized spacial score (nSPS) is 10.4. The topological polar surface area (TPSA) is 12.9 Å². The van der Waals surface area contributed by atoms with Gasteiger partial charge in [-0.2, -0.15) is 0 Å². The highest BCUT2D eigenvalue weighted by Crippen LogP contribution is 2.18. The molecule has 1 heterocycles. The highest BCUT2D eigenvalue weighted by atomic mass is 14.6. The molecule has 0 bridgehead atoms. The lowest BCUT2D eigenvalue weighted by Gasteiger charge is -2.04. The van der Waals surface area contributed by atoms with Crippen LogP contribution in [0.4, 0.5) is 0 Å². The van der Waals surface area contributed by atoms with Crippen LogP contribution in [0, 0.1) is 0 Å². The van der Waals surface area contributed by atoms with Crippen molar-refractivity contribution in [1.82, 2.24) is 4.98 Å². The van der Waals surface area contributed by atoms with E-state index in [2.05, 4.69) is 29.8 Å². The Hall–Kier alpha value is -1.63. The Bertz CT molecular complexity index is 466. The standard InChI is InChI=1S/C13H13N/c1-10(2)7-12-9-14-8-11-5-3-4-6-13(11)12/h3-6,8-9H,1,7H2,2H3. The maximum Gasteiger partial charge on any atom is 0.0346 e. The molecule has 0 aliphatic carbocycles. The fraction of sp³-hybridized carbons (Fsp3) is 0.154. The molecule has 0 spiro atoms. The van der Waals surface area contributed by atoms with E-state index in [4.69, 9.17) is 0 Å². The summed E-state index contributed by atoms with van der Waals surface area (Å²) < 4.78 is 0. The van der Waals surface area contributed by atoms with Crippen molar-refractivity contribution in [2.75, 3.05) is 0 Å². The molecule has 0 aliphatic heterocycles. The minimum Gasteiger partial charge on any atom is -0.264 e. The molecule has 1 nitrogen and oxygen atoms in total. The first-order chi connectivity index (χ1) is 6.77. The zero-order valence-electron chi connectivity index (χ0n) is 8.33. The third-order valence-electron chi connectivity index (χ3n) is 2.24. The predicted octanol–water partition coefficient (Wildman–Crippen LogP) is 3.35. The van der Waals surface area contributed by atoms with Gasteiger partial charge >= 0.3 is 0 Å². The molecule has 1 aromatic heterocycles. The van der Waals surface area contributed by atoms with E-state index in [0.29, 0.717) is 0 Å². The molecular weight excluding hydrogens is 170 g/mol. The summed E-state index contributed by atoms with van der Waals surface area (Å²) in [5, 5.41) is 2.48. The Morgan fingerprint density at radius 2 is 2.07 bits per heavy atom. The van der Waals surface area contributed by atoms with Gasteiger partial charge in [-0.3, -0.25) is 4.98 Å². The van der Waals surface area contributed by atoms with E-state index < -0.39 is 0 Å². The van der Waals surface area contributed by atoms with Crippen molar-refractivity contribution in [2.45, 2.75) is 13.3 Å². The van der Waals surface area contributed by atoms with Crippen molar-refractivity contribution >= 4 is 10.8 Å². The molecule has 1 aromatic carbocycles. The van der Waals surface area contributed by atoms with Gasteiger partial charge in [0.2, 0.25) is 0 Å². The van der Waals surface area contributed by atoms with Crippen LogP contribution in [0.2, 0.25) is 0 Å².